The molecular formula is C17H24ClNS. The highest BCUT2D eigenvalue weighted by Gasteiger charge is 2.54. The third-order valence-electron chi connectivity index (χ3n) is 6.01. The Balaban J connectivity index is 1.71. The molecule has 4 aliphatic rings. The predicted octanol–water partition coefficient (Wildman–Crippen LogP) is 5.27. The lowest BCUT2D eigenvalue weighted by molar-refractivity contribution is -0.0739. The van der Waals surface area contributed by atoms with Gasteiger partial charge in [0.05, 0.1) is 5.02 Å². The highest BCUT2D eigenvalue weighted by Crippen LogP contribution is 2.64. The minimum atomic E-state index is 0.494. The summed E-state index contributed by atoms with van der Waals surface area (Å²) < 4.78 is 0. The first-order valence-electron chi connectivity index (χ1n) is 8.16. The van der Waals surface area contributed by atoms with Crippen LogP contribution in [0.25, 0.3) is 0 Å². The molecule has 1 nitrogen and oxygen atoms in total. The normalized spacial score (nSPS) is 40.2. The van der Waals surface area contributed by atoms with Gasteiger partial charge >= 0.3 is 0 Å². The number of rotatable bonds is 4. The molecule has 1 aromatic rings. The maximum absolute atomic E-state index is 6.48. The van der Waals surface area contributed by atoms with Crippen molar-refractivity contribution >= 4 is 22.9 Å². The highest BCUT2D eigenvalue weighted by molar-refractivity contribution is 7.10. The number of hydrogen-bond acceptors (Lipinski definition) is 2. The van der Waals surface area contributed by atoms with Crippen LogP contribution < -0.4 is 5.32 Å². The van der Waals surface area contributed by atoms with E-state index >= 15 is 0 Å². The topological polar surface area (TPSA) is 12.0 Å². The molecule has 0 aliphatic heterocycles. The Hall–Kier alpha value is -0.0500. The van der Waals surface area contributed by atoms with E-state index in [0.717, 1.165) is 29.3 Å². The van der Waals surface area contributed by atoms with Crippen LogP contribution in [0, 0.1) is 23.2 Å². The van der Waals surface area contributed by atoms with Crippen molar-refractivity contribution in [3.63, 3.8) is 0 Å². The van der Waals surface area contributed by atoms with Crippen LogP contribution in [0.15, 0.2) is 11.4 Å². The molecule has 1 atom stereocenters. The molecule has 4 fully saturated rings. The van der Waals surface area contributed by atoms with Gasteiger partial charge in [-0.1, -0.05) is 18.5 Å². The molecule has 110 valence electrons. The molecule has 0 saturated heterocycles. The molecule has 4 bridgehead atoms. The number of halogens is 1. The second-order valence-corrected chi connectivity index (χ2v) is 8.76. The van der Waals surface area contributed by atoms with Crippen molar-refractivity contribution in [1.82, 2.24) is 5.32 Å². The molecular weight excluding hydrogens is 286 g/mol. The zero-order chi connectivity index (χ0) is 13.7. The Morgan fingerprint density at radius 3 is 2.30 bits per heavy atom. The molecule has 4 saturated carbocycles. The SMILES string of the molecule is CCNC(c1sccc1Cl)C12CC3CC(CC(C3)C1)C2. The molecule has 5 rings (SSSR count). The Morgan fingerprint density at radius 1 is 1.25 bits per heavy atom. The molecule has 1 heterocycles. The van der Waals surface area contributed by atoms with Gasteiger partial charge in [-0.2, -0.15) is 0 Å². The van der Waals surface area contributed by atoms with E-state index in [4.69, 9.17) is 11.6 Å². The van der Waals surface area contributed by atoms with Crippen molar-refractivity contribution in [2.45, 2.75) is 51.5 Å². The third-order valence-corrected chi connectivity index (χ3v) is 7.44. The molecule has 20 heavy (non-hydrogen) atoms. The van der Waals surface area contributed by atoms with E-state index in [-0.39, 0.29) is 0 Å². The number of hydrogen-bond donors (Lipinski definition) is 1. The van der Waals surface area contributed by atoms with E-state index in [2.05, 4.69) is 23.7 Å². The lowest BCUT2D eigenvalue weighted by atomic mass is 9.47. The van der Waals surface area contributed by atoms with Crippen LogP contribution in [0.1, 0.15) is 56.4 Å². The Labute approximate surface area is 131 Å². The maximum Gasteiger partial charge on any atom is 0.0561 e. The van der Waals surface area contributed by atoms with Gasteiger partial charge in [0.1, 0.15) is 0 Å². The lowest BCUT2D eigenvalue weighted by Crippen LogP contribution is -2.51. The fourth-order valence-corrected chi connectivity index (χ4v) is 7.22. The summed E-state index contributed by atoms with van der Waals surface area (Å²) in [6.45, 7) is 3.27. The van der Waals surface area contributed by atoms with Crippen LogP contribution in [0.5, 0.6) is 0 Å². The van der Waals surface area contributed by atoms with Crippen LogP contribution in [0.3, 0.4) is 0 Å². The molecule has 0 radical (unpaired) electrons. The minimum absolute atomic E-state index is 0.494. The van der Waals surface area contributed by atoms with Crippen molar-refractivity contribution in [1.29, 1.82) is 0 Å². The second kappa shape index (κ2) is 5.00. The first-order valence-corrected chi connectivity index (χ1v) is 9.42. The fourth-order valence-electron chi connectivity index (χ4n) is 5.83. The van der Waals surface area contributed by atoms with Crippen LogP contribution in [0.2, 0.25) is 5.02 Å². The first kappa shape index (κ1) is 13.6. The van der Waals surface area contributed by atoms with Gasteiger partial charge in [0.15, 0.2) is 0 Å². The van der Waals surface area contributed by atoms with Crippen LogP contribution in [-0.4, -0.2) is 6.54 Å². The minimum Gasteiger partial charge on any atom is -0.309 e. The highest BCUT2D eigenvalue weighted by atomic mass is 35.5. The van der Waals surface area contributed by atoms with Crippen molar-refractivity contribution < 1.29 is 0 Å². The van der Waals surface area contributed by atoms with Crippen molar-refractivity contribution in [2.75, 3.05) is 6.54 Å². The van der Waals surface area contributed by atoms with E-state index in [9.17, 15) is 0 Å². The molecule has 0 aromatic carbocycles. The van der Waals surface area contributed by atoms with E-state index in [1.807, 2.05) is 11.3 Å². The smallest absolute Gasteiger partial charge is 0.0561 e. The van der Waals surface area contributed by atoms with Crippen molar-refractivity contribution in [2.24, 2.45) is 23.2 Å². The summed E-state index contributed by atoms with van der Waals surface area (Å²) in [5.41, 5.74) is 0.499. The molecule has 4 aliphatic carbocycles. The molecule has 0 amide bonds. The van der Waals surface area contributed by atoms with Gasteiger partial charge in [0, 0.05) is 10.9 Å². The Bertz CT molecular complexity index is 460. The summed E-state index contributed by atoms with van der Waals surface area (Å²) in [6.07, 6.45) is 8.84. The van der Waals surface area contributed by atoms with Gasteiger partial charge in [0.2, 0.25) is 0 Å². The largest absolute Gasteiger partial charge is 0.309 e. The van der Waals surface area contributed by atoms with Crippen molar-refractivity contribution in [3.05, 3.63) is 21.3 Å². The van der Waals surface area contributed by atoms with Crippen LogP contribution in [-0.2, 0) is 0 Å². The van der Waals surface area contributed by atoms with Gasteiger partial charge in [0.25, 0.3) is 0 Å². The average molecular weight is 310 g/mol. The van der Waals surface area contributed by atoms with E-state index in [1.165, 1.54) is 43.4 Å². The summed E-state index contributed by atoms with van der Waals surface area (Å²) in [6, 6.07) is 2.57. The average Bonchev–Trinajstić information content (AvgIpc) is 2.80. The van der Waals surface area contributed by atoms with Gasteiger partial charge in [-0.3, -0.25) is 0 Å². The predicted molar refractivity (Wildman–Crippen MR) is 86.4 cm³/mol. The fraction of sp³-hybridized carbons (Fsp3) is 0.765. The van der Waals surface area contributed by atoms with E-state index in [0.29, 0.717) is 11.5 Å². The molecule has 3 heteroatoms. The first-order chi connectivity index (χ1) is 9.70. The molecule has 1 aromatic heterocycles. The molecule has 1 N–H and O–H groups in total. The van der Waals surface area contributed by atoms with E-state index < -0.39 is 0 Å². The summed E-state index contributed by atoms with van der Waals surface area (Å²) in [4.78, 5) is 1.40. The van der Waals surface area contributed by atoms with Crippen molar-refractivity contribution in [3.8, 4) is 0 Å². The summed E-state index contributed by atoms with van der Waals surface area (Å²) in [7, 11) is 0. The Kier molecular flexibility index (Phi) is 3.40. The summed E-state index contributed by atoms with van der Waals surface area (Å²) in [5.74, 6) is 3.00. The molecule has 1 unspecified atom stereocenters. The second-order valence-electron chi connectivity index (χ2n) is 7.40. The molecule has 0 spiro atoms. The van der Waals surface area contributed by atoms with E-state index in [1.54, 1.807) is 0 Å². The van der Waals surface area contributed by atoms with Gasteiger partial charge in [-0.05, 0) is 79.7 Å². The van der Waals surface area contributed by atoms with Gasteiger partial charge < -0.3 is 5.32 Å². The zero-order valence-corrected chi connectivity index (χ0v) is 13.8. The summed E-state index contributed by atoms with van der Waals surface area (Å²) >= 11 is 8.33. The van der Waals surface area contributed by atoms with Gasteiger partial charge in [-0.25, -0.2) is 0 Å². The third kappa shape index (κ3) is 2.07. The van der Waals surface area contributed by atoms with Gasteiger partial charge in [-0.15, -0.1) is 11.3 Å². The quantitative estimate of drug-likeness (QED) is 0.799. The number of thiophene rings is 1. The van der Waals surface area contributed by atoms with Crippen LogP contribution in [0.4, 0.5) is 0 Å². The van der Waals surface area contributed by atoms with Crippen LogP contribution >= 0.6 is 22.9 Å². The number of nitrogens with one attached hydrogen (secondary N) is 1. The lowest BCUT2D eigenvalue weighted by Gasteiger charge is -2.59. The summed E-state index contributed by atoms with van der Waals surface area (Å²) in [5, 5.41) is 6.95. The maximum atomic E-state index is 6.48. The zero-order valence-electron chi connectivity index (χ0n) is 12.2. The Morgan fingerprint density at radius 2 is 1.85 bits per heavy atom. The monoisotopic (exact) mass is 309 g/mol. The standard InChI is InChI=1S/C17H24ClNS/c1-2-19-16(15-14(18)3-4-20-15)17-8-11-5-12(9-17)7-13(6-11)10-17/h3-4,11-13,16,19H,2,5-10H2,1H3.